The van der Waals surface area contributed by atoms with Gasteiger partial charge in [-0.2, -0.15) is 0 Å². The highest BCUT2D eigenvalue weighted by Gasteiger charge is 2.13. The Morgan fingerprint density at radius 1 is 1.19 bits per heavy atom. The van der Waals surface area contributed by atoms with Crippen molar-refractivity contribution < 1.29 is 8.78 Å². The minimum atomic E-state index is -0.530. The number of nitrogens with zero attached hydrogens (tertiary/aromatic N) is 1. The van der Waals surface area contributed by atoms with Gasteiger partial charge in [0.15, 0.2) is 0 Å². The van der Waals surface area contributed by atoms with E-state index in [0.29, 0.717) is 22.4 Å². The zero-order chi connectivity index (χ0) is 15.4. The second kappa shape index (κ2) is 7.29. The minimum Gasteiger partial charge on any atom is -0.369 e. The molecule has 0 fully saturated rings. The summed E-state index contributed by atoms with van der Waals surface area (Å²) in [7, 11) is 0. The quantitative estimate of drug-likeness (QED) is 0.756. The summed E-state index contributed by atoms with van der Waals surface area (Å²) in [5.41, 5.74) is 0. The molecular formula is C14H12Cl2F2N2S. The highest BCUT2D eigenvalue weighted by atomic mass is 35.5. The molecule has 7 heteroatoms. The van der Waals surface area contributed by atoms with Gasteiger partial charge in [0.05, 0.1) is 14.9 Å². The summed E-state index contributed by atoms with van der Waals surface area (Å²) in [5, 5.41) is 4.10. The Bertz CT molecular complexity index is 653. The van der Waals surface area contributed by atoms with Crippen molar-refractivity contribution >= 4 is 40.8 Å². The van der Waals surface area contributed by atoms with Gasteiger partial charge in [-0.3, -0.25) is 0 Å². The first-order valence-corrected chi connectivity index (χ1v) is 7.81. The van der Waals surface area contributed by atoms with Crippen LogP contribution in [0.5, 0.6) is 0 Å². The number of anilines is 1. The number of pyridine rings is 1. The molecular weight excluding hydrogens is 337 g/mol. The van der Waals surface area contributed by atoms with E-state index in [1.165, 1.54) is 6.07 Å². The smallest absolute Gasteiger partial charge is 0.146 e. The largest absolute Gasteiger partial charge is 0.369 e. The molecule has 1 aromatic heterocycles. The standard InChI is InChI=1S/C14H12Cl2F2N2S/c1-2-5-19-13-9(15)7-10(16)14(20-13)21-12-6-8(17)3-4-11(12)18/h3-4,6-7H,2,5H2,1H3,(H,19,20). The summed E-state index contributed by atoms with van der Waals surface area (Å²) in [6, 6.07) is 4.77. The van der Waals surface area contributed by atoms with Crippen LogP contribution in [0.15, 0.2) is 34.2 Å². The molecule has 0 spiro atoms. The van der Waals surface area contributed by atoms with E-state index in [1.807, 2.05) is 6.92 Å². The van der Waals surface area contributed by atoms with Crippen molar-refractivity contribution in [1.82, 2.24) is 4.98 Å². The van der Waals surface area contributed by atoms with Crippen LogP contribution in [0, 0.1) is 11.6 Å². The van der Waals surface area contributed by atoms with E-state index >= 15 is 0 Å². The molecule has 112 valence electrons. The molecule has 0 saturated carbocycles. The molecule has 0 unspecified atom stereocenters. The molecule has 2 rings (SSSR count). The molecule has 0 aliphatic carbocycles. The molecule has 0 aliphatic heterocycles. The number of benzene rings is 1. The number of hydrogen-bond acceptors (Lipinski definition) is 3. The van der Waals surface area contributed by atoms with Crippen molar-refractivity contribution in [2.75, 3.05) is 11.9 Å². The average Bonchev–Trinajstić information content (AvgIpc) is 2.44. The van der Waals surface area contributed by atoms with Crippen LogP contribution in [0.2, 0.25) is 10.0 Å². The second-order valence-electron chi connectivity index (χ2n) is 4.21. The van der Waals surface area contributed by atoms with E-state index in [2.05, 4.69) is 10.3 Å². The average molecular weight is 349 g/mol. The molecule has 1 aromatic carbocycles. The van der Waals surface area contributed by atoms with Gasteiger partial charge >= 0.3 is 0 Å². The predicted molar refractivity (Wildman–Crippen MR) is 83.5 cm³/mol. The minimum absolute atomic E-state index is 0.119. The maximum atomic E-state index is 13.7. The summed E-state index contributed by atoms with van der Waals surface area (Å²) < 4.78 is 26.9. The van der Waals surface area contributed by atoms with E-state index < -0.39 is 11.6 Å². The lowest BCUT2D eigenvalue weighted by Gasteiger charge is -2.10. The van der Waals surface area contributed by atoms with Gasteiger partial charge in [0.1, 0.15) is 22.5 Å². The van der Waals surface area contributed by atoms with Crippen LogP contribution in [0.25, 0.3) is 0 Å². The zero-order valence-electron chi connectivity index (χ0n) is 11.1. The van der Waals surface area contributed by atoms with Gasteiger partial charge in [-0.25, -0.2) is 13.8 Å². The lowest BCUT2D eigenvalue weighted by Crippen LogP contribution is -2.03. The number of hydrogen-bond donors (Lipinski definition) is 1. The number of nitrogens with one attached hydrogen (secondary N) is 1. The van der Waals surface area contributed by atoms with Gasteiger partial charge in [-0.05, 0) is 30.7 Å². The van der Waals surface area contributed by atoms with E-state index in [1.54, 1.807) is 0 Å². The lowest BCUT2D eigenvalue weighted by molar-refractivity contribution is 0.577. The van der Waals surface area contributed by atoms with E-state index in [4.69, 9.17) is 23.2 Å². The Morgan fingerprint density at radius 2 is 1.95 bits per heavy atom. The first-order chi connectivity index (χ1) is 10.0. The Morgan fingerprint density at radius 3 is 2.67 bits per heavy atom. The van der Waals surface area contributed by atoms with Gasteiger partial charge in [-0.15, -0.1) is 0 Å². The van der Waals surface area contributed by atoms with Crippen LogP contribution >= 0.6 is 35.0 Å². The summed E-state index contributed by atoms with van der Waals surface area (Å²) in [6.07, 6.45) is 0.904. The summed E-state index contributed by atoms with van der Waals surface area (Å²) in [5.74, 6) is -0.576. The molecule has 2 nitrogen and oxygen atoms in total. The fourth-order valence-corrected chi connectivity index (χ4v) is 2.93. The van der Waals surface area contributed by atoms with Gasteiger partial charge in [0, 0.05) is 6.54 Å². The lowest BCUT2D eigenvalue weighted by atomic mass is 10.3. The SMILES string of the molecule is CCCNc1nc(Sc2cc(F)ccc2F)c(Cl)cc1Cl. The van der Waals surface area contributed by atoms with Gasteiger partial charge in [-0.1, -0.05) is 41.9 Å². The van der Waals surface area contributed by atoms with Crippen molar-refractivity contribution in [3.63, 3.8) is 0 Å². The van der Waals surface area contributed by atoms with Crippen molar-refractivity contribution in [2.24, 2.45) is 0 Å². The van der Waals surface area contributed by atoms with Gasteiger partial charge in [0.2, 0.25) is 0 Å². The molecule has 2 aromatic rings. The van der Waals surface area contributed by atoms with Crippen LogP contribution in [0.4, 0.5) is 14.6 Å². The molecule has 0 atom stereocenters. The molecule has 0 amide bonds. The summed E-state index contributed by atoms with van der Waals surface area (Å²) >= 11 is 13.1. The number of aromatic nitrogens is 1. The number of rotatable bonds is 5. The molecule has 0 bridgehead atoms. The third kappa shape index (κ3) is 4.22. The fourth-order valence-electron chi connectivity index (χ4n) is 1.55. The maximum absolute atomic E-state index is 13.7. The first-order valence-electron chi connectivity index (χ1n) is 6.24. The second-order valence-corrected chi connectivity index (χ2v) is 6.05. The molecule has 0 saturated heterocycles. The number of halogens is 4. The Kier molecular flexibility index (Phi) is 5.67. The normalized spacial score (nSPS) is 10.7. The van der Waals surface area contributed by atoms with Crippen LogP contribution in [-0.4, -0.2) is 11.5 Å². The van der Waals surface area contributed by atoms with Crippen molar-refractivity contribution in [3.05, 3.63) is 45.9 Å². The highest BCUT2D eigenvalue weighted by Crippen LogP contribution is 2.37. The van der Waals surface area contributed by atoms with Crippen LogP contribution < -0.4 is 5.32 Å². The molecule has 1 N–H and O–H groups in total. The Balaban J connectivity index is 2.32. The first kappa shape index (κ1) is 16.3. The van der Waals surface area contributed by atoms with Gasteiger partial charge in [0.25, 0.3) is 0 Å². The Labute approximate surface area is 135 Å². The molecule has 21 heavy (non-hydrogen) atoms. The van der Waals surface area contributed by atoms with E-state index in [-0.39, 0.29) is 9.92 Å². The third-order valence-corrected chi connectivity index (χ3v) is 4.27. The predicted octanol–water partition coefficient (Wildman–Crippen LogP) is 5.64. The third-order valence-electron chi connectivity index (χ3n) is 2.54. The Hall–Kier alpha value is -1.04. The molecule has 0 radical (unpaired) electrons. The van der Waals surface area contributed by atoms with Crippen LogP contribution in [0.1, 0.15) is 13.3 Å². The molecule has 1 heterocycles. The van der Waals surface area contributed by atoms with Crippen molar-refractivity contribution in [1.29, 1.82) is 0 Å². The zero-order valence-corrected chi connectivity index (χ0v) is 13.4. The van der Waals surface area contributed by atoms with Crippen LogP contribution in [-0.2, 0) is 0 Å². The van der Waals surface area contributed by atoms with E-state index in [0.717, 1.165) is 36.4 Å². The van der Waals surface area contributed by atoms with Gasteiger partial charge < -0.3 is 5.32 Å². The fraction of sp³-hybridized carbons (Fsp3) is 0.214. The maximum Gasteiger partial charge on any atom is 0.146 e. The summed E-state index contributed by atoms with van der Waals surface area (Å²) in [6.45, 7) is 2.71. The highest BCUT2D eigenvalue weighted by molar-refractivity contribution is 7.99. The van der Waals surface area contributed by atoms with Crippen LogP contribution in [0.3, 0.4) is 0 Å². The summed E-state index contributed by atoms with van der Waals surface area (Å²) in [4.78, 5) is 4.39. The van der Waals surface area contributed by atoms with E-state index in [9.17, 15) is 8.78 Å². The van der Waals surface area contributed by atoms with Crippen molar-refractivity contribution in [2.45, 2.75) is 23.3 Å². The van der Waals surface area contributed by atoms with Crippen molar-refractivity contribution in [3.8, 4) is 0 Å². The molecule has 0 aliphatic rings. The topological polar surface area (TPSA) is 24.9 Å². The monoisotopic (exact) mass is 348 g/mol.